The summed E-state index contributed by atoms with van der Waals surface area (Å²) in [6.45, 7) is 6.92. The molecule has 0 aliphatic heterocycles. The molecule has 1 unspecified atom stereocenters. The fourth-order valence-electron chi connectivity index (χ4n) is 1.54. The summed E-state index contributed by atoms with van der Waals surface area (Å²) >= 11 is 0. The van der Waals surface area contributed by atoms with Crippen LogP contribution in [0.4, 0.5) is 0 Å². The molecule has 1 atom stereocenters. The van der Waals surface area contributed by atoms with E-state index < -0.39 is 7.12 Å². The smallest absolute Gasteiger partial charge is 0.427 e. The number of aromatic nitrogens is 2. The first-order valence-electron chi connectivity index (χ1n) is 5.38. The lowest BCUT2D eigenvalue weighted by Gasteiger charge is -2.10. The quantitative estimate of drug-likeness (QED) is 0.716. The van der Waals surface area contributed by atoms with Crippen molar-refractivity contribution in [1.82, 2.24) is 9.78 Å². The molecular weight excluding hydrogens is 191 g/mol. The lowest BCUT2D eigenvalue weighted by molar-refractivity contribution is 0.375. The van der Waals surface area contributed by atoms with Crippen LogP contribution in [0, 0.1) is 5.92 Å². The van der Waals surface area contributed by atoms with Crippen molar-refractivity contribution < 1.29 is 10.0 Å². The van der Waals surface area contributed by atoms with Gasteiger partial charge in [-0.1, -0.05) is 20.8 Å². The molecule has 2 N–H and O–H groups in total. The normalized spacial score (nSPS) is 13.2. The molecule has 84 valence electrons. The zero-order chi connectivity index (χ0) is 11.4. The highest BCUT2D eigenvalue weighted by Crippen LogP contribution is 2.12. The molecule has 0 radical (unpaired) electrons. The first kappa shape index (κ1) is 12.3. The van der Waals surface area contributed by atoms with Crippen LogP contribution in [0.25, 0.3) is 0 Å². The average molecular weight is 210 g/mol. The van der Waals surface area contributed by atoms with Crippen molar-refractivity contribution in [3.8, 4) is 0 Å². The van der Waals surface area contributed by atoms with Crippen molar-refractivity contribution in [1.29, 1.82) is 0 Å². The molecule has 0 aliphatic rings. The summed E-state index contributed by atoms with van der Waals surface area (Å²) in [7, 11) is -1.22. The number of hydrogen-bond acceptors (Lipinski definition) is 3. The van der Waals surface area contributed by atoms with E-state index in [-0.39, 0.29) is 5.92 Å². The van der Waals surface area contributed by atoms with Gasteiger partial charge in [0.15, 0.2) is 0 Å². The van der Waals surface area contributed by atoms with E-state index >= 15 is 0 Å². The van der Waals surface area contributed by atoms with Crippen LogP contribution in [0.3, 0.4) is 0 Å². The van der Waals surface area contributed by atoms with Gasteiger partial charge in [-0.05, 0) is 24.2 Å². The third kappa shape index (κ3) is 4.05. The Bertz CT molecular complexity index is 299. The molecule has 1 aromatic rings. The molecule has 5 heteroatoms. The highest BCUT2D eigenvalue weighted by molar-refractivity contribution is 6.41. The summed E-state index contributed by atoms with van der Waals surface area (Å²) in [6, 6.07) is 2.01. The number of nitrogens with zero attached hydrogens (tertiary/aromatic N) is 2. The monoisotopic (exact) mass is 210 g/mol. The Morgan fingerprint density at radius 1 is 1.40 bits per heavy atom. The van der Waals surface area contributed by atoms with Crippen molar-refractivity contribution >= 4 is 7.12 Å². The molecule has 0 saturated heterocycles. The highest BCUT2D eigenvalue weighted by Gasteiger charge is 2.14. The van der Waals surface area contributed by atoms with Gasteiger partial charge >= 0.3 is 7.12 Å². The van der Waals surface area contributed by atoms with Crippen molar-refractivity contribution in [2.75, 3.05) is 0 Å². The zero-order valence-electron chi connectivity index (χ0n) is 9.59. The van der Waals surface area contributed by atoms with Crippen molar-refractivity contribution in [3.63, 3.8) is 0 Å². The second-order valence-corrected chi connectivity index (χ2v) is 4.44. The Morgan fingerprint density at radius 3 is 2.53 bits per heavy atom. The lowest BCUT2D eigenvalue weighted by atomic mass is 9.79. The van der Waals surface area contributed by atoms with Crippen LogP contribution in [0.5, 0.6) is 0 Å². The van der Waals surface area contributed by atoms with Crippen LogP contribution >= 0.6 is 0 Å². The van der Waals surface area contributed by atoms with Gasteiger partial charge in [-0.15, -0.1) is 0 Å². The van der Waals surface area contributed by atoms with E-state index in [0.29, 0.717) is 12.2 Å². The molecule has 0 bridgehead atoms. The number of rotatable bonds is 5. The van der Waals surface area contributed by atoms with Gasteiger partial charge in [-0.25, -0.2) is 0 Å². The molecule has 1 rings (SSSR count). The van der Waals surface area contributed by atoms with E-state index in [2.05, 4.69) is 18.9 Å². The van der Waals surface area contributed by atoms with Gasteiger partial charge in [0.25, 0.3) is 0 Å². The number of hydrogen-bond donors (Lipinski definition) is 2. The van der Waals surface area contributed by atoms with Gasteiger partial charge < -0.3 is 10.0 Å². The van der Waals surface area contributed by atoms with Crippen molar-refractivity contribution in [3.05, 3.63) is 18.0 Å². The summed E-state index contributed by atoms with van der Waals surface area (Å²) in [4.78, 5) is 0. The summed E-state index contributed by atoms with van der Waals surface area (Å²) in [6.07, 6.45) is 2.33. The standard InChI is InChI=1S/C10H19BN2O2/c1-8(2)10-4-5-13(12-10)7-9(3)6-11(14)15/h4-5,8-9,14-15H,6-7H2,1-3H3. The van der Waals surface area contributed by atoms with Crippen LogP contribution in [0.2, 0.25) is 6.32 Å². The third-order valence-corrected chi connectivity index (χ3v) is 2.36. The molecule has 1 aromatic heterocycles. The SMILES string of the molecule is CC(CB(O)O)Cn1ccc(C(C)C)n1. The molecule has 15 heavy (non-hydrogen) atoms. The molecule has 1 heterocycles. The van der Waals surface area contributed by atoms with E-state index in [1.54, 1.807) is 0 Å². The van der Waals surface area contributed by atoms with Crippen LogP contribution in [-0.4, -0.2) is 26.9 Å². The van der Waals surface area contributed by atoms with Gasteiger partial charge in [0.1, 0.15) is 0 Å². The fourth-order valence-corrected chi connectivity index (χ4v) is 1.54. The van der Waals surface area contributed by atoms with Crippen molar-refractivity contribution in [2.45, 2.75) is 39.6 Å². The second-order valence-electron chi connectivity index (χ2n) is 4.44. The summed E-state index contributed by atoms with van der Waals surface area (Å²) in [5, 5.41) is 22.1. The largest absolute Gasteiger partial charge is 0.451 e. The van der Waals surface area contributed by atoms with Crippen LogP contribution in [0.15, 0.2) is 12.3 Å². The zero-order valence-corrected chi connectivity index (χ0v) is 9.59. The summed E-state index contributed by atoms with van der Waals surface area (Å²) < 4.78 is 1.86. The van der Waals surface area contributed by atoms with Crippen LogP contribution < -0.4 is 0 Å². The molecule has 0 amide bonds. The Kier molecular flexibility index (Phi) is 4.35. The fraction of sp³-hybridized carbons (Fsp3) is 0.700. The average Bonchev–Trinajstić information content (AvgIpc) is 2.50. The topological polar surface area (TPSA) is 58.3 Å². The van der Waals surface area contributed by atoms with E-state index in [1.165, 1.54) is 0 Å². The molecule has 0 spiro atoms. The Balaban J connectivity index is 2.49. The molecule has 0 aromatic carbocycles. The second kappa shape index (κ2) is 5.33. The lowest BCUT2D eigenvalue weighted by Crippen LogP contribution is -2.18. The summed E-state index contributed by atoms with van der Waals surface area (Å²) in [5.41, 5.74) is 1.08. The Hall–Kier alpha value is -0.805. The third-order valence-electron chi connectivity index (χ3n) is 2.36. The van der Waals surface area contributed by atoms with Gasteiger partial charge in [0, 0.05) is 12.7 Å². The Morgan fingerprint density at radius 2 is 2.07 bits per heavy atom. The summed E-state index contributed by atoms with van der Waals surface area (Å²) in [5.74, 6) is 0.648. The first-order chi connectivity index (χ1) is 6.99. The molecule has 4 nitrogen and oxygen atoms in total. The molecule has 0 aliphatic carbocycles. The maximum Gasteiger partial charge on any atom is 0.451 e. The van der Waals surface area contributed by atoms with Gasteiger partial charge in [-0.3, -0.25) is 4.68 Å². The van der Waals surface area contributed by atoms with Crippen molar-refractivity contribution in [2.24, 2.45) is 5.92 Å². The van der Waals surface area contributed by atoms with Gasteiger partial charge in [0.05, 0.1) is 5.69 Å². The molecule has 0 fully saturated rings. The predicted octanol–water partition coefficient (Wildman–Crippen LogP) is 1.12. The first-order valence-corrected chi connectivity index (χ1v) is 5.38. The van der Waals surface area contributed by atoms with Gasteiger partial charge in [-0.2, -0.15) is 5.10 Å². The van der Waals surface area contributed by atoms with E-state index in [1.807, 2.05) is 23.9 Å². The predicted molar refractivity (Wildman–Crippen MR) is 60.5 cm³/mol. The minimum absolute atomic E-state index is 0.213. The minimum Gasteiger partial charge on any atom is -0.427 e. The molecule has 0 saturated carbocycles. The highest BCUT2D eigenvalue weighted by atomic mass is 16.4. The molecular formula is C10H19BN2O2. The maximum absolute atomic E-state index is 8.82. The maximum atomic E-state index is 8.82. The minimum atomic E-state index is -1.22. The van der Waals surface area contributed by atoms with Crippen LogP contribution in [0.1, 0.15) is 32.4 Å². The van der Waals surface area contributed by atoms with Crippen LogP contribution in [-0.2, 0) is 6.54 Å². The van der Waals surface area contributed by atoms with E-state index in [9.17, 15) is 0 Å². The Labute approximate surface area is 91.1 Å². The van der Waals surface area contributed by atoms with E-state index in [4.69, 9.17) is 10.0 Å². The van der Waals surface area contributed by atoms with E-state index in [0.717, 1.165) is 12.2 Å². The van der Waals surface area contributed by atoms with Gasteiger partial charge in [0.2, 0.25) is 0 Å².